The van der Waals surface area contributed by atoms with Gasteiger partial charge in [0.2, 0.25) is 0 Å². The van der Waals surface area contributed by atoms with Crippen molar-refractivity contribution in [1.29, 1.82) is 0 Å². The number of sulfonamides is 1. The summed E-state index contributed by atoms with van der Waals surface area (Å²) in [7, 11) is -3.61. The summed E-state index contributed by atoms with van der Waals surface area (Å²) in [5, 5.41) is 0.428. The first-order chi connectivity index (χ1) is 11.5. The summed E-state index contributed by atoms with van der Waals surface area (Å²) < 4.78 is 27.2. The van der Waals surface area contributed by atoms with E-state index >= 15 is 0 Å². The van der Waals surface area contributed by atoms with Crippen LogP contribution in [0.2, 0.25) is 0 Å². The van der Waals surface area contributed by atoms with E-state index in [4.69, 9.17) is 5.73 Å². The maximum absolute atomic E-state index is 12.3. The van der Waals surface area contributed by atoms with Crippen LogP contribution in [-0.4, -0.2) is 44.7 Å². The van der Waals surface area contributed by atoms with E-state index in [0.29, 0.717) is 17.4 Å². The normalized spacial score (nSPS) is 21.0. The number of aliphatic imine (C=N–C) groups is 1. The topological polar surface area (TPSA) is 87.8 Å². The molecule has 0 spiro atoms. The minimum atomic E-state index is -3.61. The van der Waals surface area contributed by atoms with Crippen molar-refractivity contribution in [2.24, 2.45) is 4.99 Å². The van der Waals surface area contributed by atoms with Gasteiger partial charge in [0.25, 0.3) is 10.0 Å². The molecule has 0 aromatic heterocycles. The SMILES string of the molecule is Nc1ccc(S(=O)(=O)NC2=NC/C(=C\CN3CCCCC3)S2)cc1. The number of hydrogen-bond acceptors (Lipinski definition) is 6. The number of rotatable bonds is 4. The number of hydrogen-bond donors (Lipinski definition) is 2. The maximum atomic E-state index is 12.3. The number of thioether (sulfide) groups is 1. The highest BCUT2D eigenvalue weighted by Crippen LogP contribution is 2.25. The van der Waals surface area contributed by atoms with Crippen LogP contribution in [0.25, 0.3) is 0 Å². The third kappa shape index (κ3) is 4.52. The number of likely N-dealkylation sites (tertiary alicyclic amines) is 1. The molecule has 0 bridgehead atoms. The number of nitrogens with two attached hydrogens (primary N) is 1. The van der Waals surface area contributed by atoms with Gasteiger partial charge in [0.15, 0.2) is 5.17 Å². The molecule has 0 atom stereocenters. The second-order valence-electron chi connectivity index (χ2n) is 5.93. The smallest absolute Gasteiger partial charge is 0.263 e. The molecule has 0 radical (unpaired) electrons. The molecule has 6 nitrogen and oxygen atoms in total. The van der Waals surface area contributed by atoms with Crippen LogP contribution in [0.5, 0.6) is 0 Å². The molecular formula is C16H22N4O2S2. The first-order valence-electron chi connectivity index (χ1n) is 8.05. The average molecular weight is 367 g/mol. The highest BCUT2D eigenvalue weighted by Gasteiger charge is 2.21. The Morgan fingerprint density at radius 2 is 1.92 bits per heavy atom. The third-order valence-electron chi connectivity index (χ3n) is 4.04. The molecule has 0 saturated carbocycles. The lowest BCUT2D eigenvalue weighted by Crippen LogP contribution is -2.29. The molecule has 2 heterocycles. The summed E-state index contributed by atoms with van der Waals surface area (Å²) in [6.07, 6.45) is 6.00. The molecule has 3 N–H and O–H groups in total. The number of piperidine rings is 1. The van der Waals surface area contributed by atoms with Gasteiger partial charge in [-0.3, -0.25) is 14.6 Å². The van der Waals surface area contributed by atoms with Crippen molar-refractivity contribution in [3.05, 3.63) is 35.2 Å². The van der Waals surface area contributed by atoms with Crippen LogP contribution < -0.4 is 10.5 Å². The predicted molar refractivity (Wildman–Crippen MR) is 99.4 cm³/mol. The van der Waals surface area contributed by atoms with Gasteiger partial charge in [0.05, 0.1) is 11.4 Å². The maximum Gasteiger partial charge on any atom is 0.263 e. The van der Waals surface area contributed by atoms with Crippen LogP contribution in [-0.2, 0) is 10.0 Å². The molecule has 130 valence electrons. The molecule has 24 heavy (non-hydrogen) atoms. The molecule has 0 unspecified atom stereocenters. The van der Waals surface area contributed by atoms with E-state index in [0.717, 1.165) is 24.5 Å². The standard InChI is InChI=1S/C16H22N4O2S2/c17-13-4-6-15(7-5-13)24(21,22)19-16-18-12-14(23-16)8-11-20-9-2-1-3-10-20/h4-8H,1-3,9-12,17H2,(H,18,19)/b14-8+. The summed E-state index contributed by atoms with van der Waals surface area (Å²) in [6, 6.07) is 6.13. The predicted octanol–water partition coefficient (Wildman–Crippen LogP) is 2.02. The van der Waals surface area contributed by atoms with Gasteiger partial charge in [0, 0.05) is 17.1 Å². The second kappa shape index (κ2) is 7.58. The Balaban J connectivity index is 1.56. The van der Waals surface area contributed by atoms with Crippen LogP contribution in [0.1, 0.15) is 19.3 Å². The van der Waals surface area contributed by atoms with Crippen molar-refractivity contribution in [2.45, 2.75) is 24.2 Å². The summed E-state index contributed by atoms with van der Waals surface area (Å²) in [6.45, 7) is 3.74. The molecule has 1 aromatic carbocycles. The van der Waals surface area contributed by atoms with Crippen LogP contribution in [0.4, 0.5) is 5.69 Å². The summed E-state index contributed by atoms with van der Waals surface area (Å²) in [5.41, 5.74) is 6.12. The summed E-state index contributed by atoms with van der Waals surface area (Å²) >= 11 is 1.39. The minimum Gasteiger partial charge on any atom is -0.399 e. The summed E-state index contributed by atoms with van der Waals surface area (Å²) in [4.78, 5) is 7.99. The van der Waals surface area contributed by atoms with E-state index in [1.807, 2.05) is 0 Å². The van der Waals surface area contributed by atoms with Crippen molar-refractivity contribution < 1.29 is 8.42 Å². The minimum absolute atomic E-state index is 0.186. The van der Waals surface area contributed by atoms with Crippen LogP contribution >= 0.6 is 11.8 Å². The van der Waals surface area contributed by atoms with Gasteiger partial charge in [-0.15, -0.1) is 0 Å². The van der Waals surface area contributed by atoms with Crippen LogP contribution in [0.15, 0.2) is 45.1 Å². The van der Waals surface area contributed by atoms with Gasteiger partial charge in [-0.25, -0.2) is 8.42 Å². The Hall–Kier alpha value is -1.51. The van der Waals surface area contributed by atoms with Crippen molar-refractivity contribution in [3.63, 3.8) is 0 Å². The lowest BCUT2D eigenvalue weighted by molar-refractivity contribution is 0.251. The largest absolute Gasteiger partial charge is 0.399 e. The lowest BCUT2D eigenvalue weighted by atomic mass is 10.1. The van der Waals surface area contributed by atoms with Crippen molar-refractivity contribution >= 4 is 32.6 Å². The molecule has 1 aromatic rings. The first-order valence-corrected chi connectivity index (χ1v) is 10.3. The van der Waals surface area contributed by atoms with Gasteiger partial charge in [-0.1, -0.05) is 24.3 Å². The molecule has 8 heteroatoms. The molecule has 0 amide bonds. The van der Waals surface area contributed by atoms with E-state index in [2.05, 4.69) is 20.7 Å². The molecule has 2 aliphatic heterocycles. The van der Waals surface area contributed by atoms with E-state index in [1.165, 1.54) is 43.2 Å². The van der Waals surface area contributed by atoms with Crippen molar-refractivity contribution in [2.75, 3.05) is 31.9 Å². The van der Waals surface area contributed by atoms with E-state index < -0.39 is 10.0 Å². The van der Waals surface area contributed by atoms with E-state index in [1.54, 1.807) is 12.1 Å². The number of anilines is 1. The zero-order valence-electron chi connectivity index (χ0n) is 13.4. The zero-order valence-corrected chi connectivity index (χ0v) is 15.1. The number of nitrogens with zero attached hydrogens (tertiary/aromatic N) is 2. The molecule has 2 aliphatic rings. The zero-order chi connectivity index (χ0) is 17.0. The number of nitrogens with one attached hydrogen (secondary N) is 1. The molecule has 1 saturated heterocycles. The average Bonchev–Trinajstić information content (AvgIpc) is 3.01. The second-order valence-corrected chi connectivity index (χ2v) is 8.73. The fraction of sp³-hybridized carbons (Fsp3) is 0.438. The van der Waals surface area contributed by atoms with E-state index in [9.17, 15) is 8.42 Å². The number of benzene rings is 1. The van der Waals surface area contributed by atoms with E-state index in [-0.39, 0.29) is 4.90 Å². The quantitative estimate of drug-likeness (QED) is 0.796. The van der Waals surface area contributed by atoms with Crippen molar-refractivity contribution in [1.82, 2.24) is 9.62 Å². The van der Waals surface area contributed by atoms with Gasteiger partial charge in [-0.05, 0) is 50.2 Å². The highest BCUT2D eigenvalue weighted by atomic mass is 32.2. The lowest BCUT2D eigenvalue weighted by Gasteiger charge is -2.25. The first kappa shape index (κ1) is 17.3. The number of amidine groups is 1. The van der Waals surface area contributed by atoms with Gasteiger partial charge in [-0.2, -0.15) is 0 Å². The van der Waals surface area contributed by atoms with Gasteiger partial charge < -0.3 is 5.73 Å². The molecule has 3 rings (SSSR count). The highest BCUT2D eigenvalue weighted by molar-refractivity contribution is 8.18. The Morgan fingerprint density at radius 3 is 2.62 bits per heavy atom. The Morgan fingerprint density at radius 1 is 1.21 bits per heavy atom. The molecular weight excluding hydrogens is 344 g/mol. The third-order valence-corrected chi connectivity index (χ3v) is 6.51. The Bertz CT molecular complexity index is 736. The molecule has 1 fully saturated rings. The van der Waals surface area contributed by atoms with Gasteiger partial charge >= 0.3 is 0 Å². The Labute approximate surface area is 147 Å². The summed E-state index contributed by atoms with van der Waals surface area (Å²) in [5.74, 6) is 0. The Kier molecular flexibility index (Phi) is 5.47. The number of nitrogen functional groups attached to an aromatic ring is 1. The van der Waals surface area contributed by atoms with Crippen molar-refractivity contribution in [3.8, 4) is 0 Å². The molecule has 0 aliphatic carbocycles. The monoisotopic (exact) mass is 366 g/mol. The van der Waals surface area contributed by atoms with Gasteiger partial charge in [0.1, 0.15) is 0 Å². The fourth-order valence-corrected chi connectivity index (χ4v) is 4.76. The fourth-order valence-electron chi connectivity index (χ4n) is 2.69. The van der Waals surface area contributed by atoms with Crippen LogP contribution in [0, 0.1) is 0 Å². The van der Waals surface area contributed by atoms with Crippen LogP contribution in [0.3, 0.4) is 0 Å².